The van der Waals surface area contributed by atoms with Crippen LogP contribution >= 0.6 is 24.0 Å². The van der Waals surface area contributed by atoms with Crippen molar-refractivity contribution in [2.45, 2.75) is 29.9 Å². The van der Waals surface area contributed by atoms with Gasteiger partial charge in [-0.2, -0.15) is 0 Å². The molecule has 3 aliphatic rings. The van der Waals surface area contributed by atoms with Gasteiger partial charge in [0.05, 0.1) is 17.9 Å². The number of thiocarbonyl (C=S) groups is 1. The Kier molecular flexibility index (Phi) is 8.59. The number of pyridine rings is 1. The number of carbonyl (C=O) groups is 1. The summed E-state index contributed by atoms with van der Waals surface area (Å²) in [4.78, 5) is 29.5. The van der Waals surface area contributed by atoms with E-state index in [1.807, 2.05) is 77.6 Å². The molecule has 7 rings (SSSR count). The normalized spacial score (nSPS) is 19.5. The van der Waals surface area contributed by atoms with Crippen LogP contribution in [0.25, 0.3) is 0 Å². The van der Waals surface area contributed by atoms with Gasteiger partial charge in [-0.3, -0.25) is 9.59 Å². The van der Waals surface area contributed by atoms with Gasteiger partial charge in [-0.05, 0) is 85.4 Å². The molecule has 11 heteroatoms. The standard InChI is InChI=1S/C35H35N5O4S2/c1-46-27-7-4-6-25(16-27)37-35(45)38-28-15-23(34(42)36-17-26-21-43-31-9-2-3-10-32(31)44-26)12-13-30(28)39-18-22-14-24(20-39)29-8-5-11-33(41)40(29)19-22/h2-13,15-16,22,24,26H,14,17-21H2,1H3,(H,36,42)(H2,37,38,45). The molecule has 3 aliphatic heterocycles. The molecule has 46 heavy (non-hydrogen) atoms. The molecule has 4 heterocycles. The summed E-state index contributed by atoms with van der Waals surface area (Å²) < 4.78 is 13.8. The molecule has 3 aromatic carbocycles. The van der Waals surface area contributed by atoms with Crippen LogP contribution in [0.15, 0.2) is 94.6 Å². The fraction of sp³-hybridized carbons (Fsp3) is 0.286. The average molecular weight is 654 g/mol. The van der Waals surface area contributed by atoms with Crippen LogP contribution in [0.2, 0.25) is 0 Å². The van der Waals surface area contributed by atoms with E-state index >= 15 is 0 Å². The number of ether oxygens (including phenoxy) is 2. The average Bonchev–Trinajstić information content (AvgIpc) is 3.07. The highest BCUT2D eigenvalue weighted by molar-refractivity contribution is 7.98. The number of hydrogen-bond acceptors (Lipinski definition) is 7. The topological polar surface area (TPSA) is 96.9 Å². The fourth-order valence-electron chi connectivity index (χ4n) is 6.60. The Balaban J connectivity index is 1.11. The summed E-state index contributed by atoms with van der Waals surface area (Å²) in [6.45, 7) is 2.92. The minimum atomic E-state index is -0.298. The number of rotatable bonds is 7. The molecule has 3 atom stereocenters. The van der Waals surface area contributed by atoms with Gasteiger partial charge in [0.2, 0.25) is 0 Å². The Morgan fingerprint density at radius 3 is 2.67 bits per heavy atom. The number of nitrogens with zero attached hydrogens (tertiary/aromatic N) is 2. The third-order valence-corrected chi connectivity index (χ3v) is 9.64. The first kappa shape index (κ1) is 30.2. The quantitative estimate of drug-likeness (QED) is 0.175. The number of nitrogens with one attached hydrogen (secondary N) is 3. The number of benzene rings is 3. The molecule has 1 aromatic heterocycles. The maximum Gasteiger partial charge on any atom is 0.251 e. The van der Waals surface area contributed by atoms with Crippen LogP contribution in [0.3, 0.4) is 0 Å². The molecular weight excluding hydrogens is 619 g/mol. The fourth-order valence-corrected chi connectivity index (χ4v) is 7.29. The van der Waals surface area contributed by atoms with Gasteiger partial charge in [0.1, 0.15) is 12.7 Å². The number of para-hydroxylation sites is 2. The van der Waals surface area contributed by atoms with Crippen molar-refractivity contribution >= 4 is 52.1 Å². The lowest BCUT2D eigenvalue weighted by atomic mass is 9.83. The second kappa shape index (κ2) is 13.1. The molecule has 4 aromatic rings. The van der Waals surface area contributed by atoms with E-state index in [-0.39, 0.29) is 23.5 Å². The van der Waals surface area contributed by atoms with Crippen LogP contribution in [0.4, 0.5) is 17.1 Å². The molecule has 1 saturated heterocycles. The largest absolute Gasteiger partial charge is 0.486 e. The van der Waals surface area contributed by atoms with E-state index in [1.54, 1.807) is 17.8 Å². The van der Waals surface area contributed by atoms with Gasteiger partial charge in [0.25, 0.3) is 11.5 Å². The van der Waals surface area contributed by atoms with Crippen molar-refractivity contribution in [1.82, 2.24) is 9.88 Å². The van der Waals surface area contributed by atoms with Crippen molar-refractivity contribution in [3.63, 3.8) is 0 Å². The summed E-state index contributed by atoms with van der Waals surface area (Å²) in [7, 11) is 0. The van der Waals surface area contributed by atoms with E-state index in [1.165, 1.54) is 0 Å². The van der Waals surface area contributed by atoms with Gasteiger partial charge >= 0.3 is 0 Å². The minimum absolute atomic E-state index is 0.0646. The first-order chi connectivity index (χ1) is 22.4. The highest BCUT2D eigenvalue weighted by Crippen LogP contribution is 2.39. The lowest BCUT2D eigenvalue weighted by Crippen LogP contribution is -2.47. The number of anilines is 3. The Bertz CT molecular complexity index is 1850. The van der Waals surface area contributed by atoms with E-state index in [9.17, 15) is 9.59 Å². The second-order valence-electron chi connectivity index (χ2n) is 11.9. The molecule has 0 aliphatic carbocycles. The summed E-state index contributed by atoms with van der Waals surface area (Å²) in [5.41, 5.74) is 4.23. The van der Waals surface area contributed by atoms with Gasteiger partial charge < -0.3 is 34.9 Å². The van der Waals surface area contributed by atoms with Crippen molar-refractivity contribution in [1.29, 1.82) is 0 Å². The van der Waals surface area contributed by atoms with Gasteiger partial charge in [0.15, 0.2) is 16.6 Å². The zero-order valence-electron chi connectivity index (χ0n) is 25.4. The van der Waals surface area contributed by atoms with E-state index < -0.39 is 0 Å². The Labute approximate surface area is 277 Å². The van der Waals surface area contributed by atoms with Crippen molar-refractivity contribution < 1.29 is 14.3 Å². The van der Waals surface area contributed by atoms with Crippen molar-refractivity contribution in [3.05, 3.63) is 107 Å². The Morgan fingerprint density at radius 1 is 0.957 bits per heavy atom. The number of aromatic nitrogens is 1. The number of hydrogen-bond donors (Lipinski definition) is 3. The highest BCUT2D eigenvalue weighted by Gasteiger charge is 2.35. The Morgan fingerprint density at radius 2 is 1.80 bits per heavy atom. The zero-order chi connectivity index (χ0) is 31.6. The van der Waals surface area contributed by atoms with E-state index in [0.717, 1.165) is 47.2 Å². The predicted octanol–water partition coefficient (Wildman–Crippen LogP) is 5.57. The smallest absolute Gasteiger partial charge is 0.251 e. The third-order valence-electron chi connectivity index (χ3n) is 8.71. The van der Waals surface area contributed by atoms with Crippen LogP contribution in [0.5, 0.6) is 11.5 Å². The summed E-state index contributed by atoms with van der Waals surface area (Å²) in [5, 5.41) is 10.1. The number of thioether (sulfide) groups is 1. The van der Waals surface area contributed by atoms with Crippen LogP contribution in [-0.4, -0.2) is 54.2 Å². The monoisotopic (exact) mass is 653 g/mol. The van der Waals surface area contributed by atoms with Gasteiger partial charge in [0, 0.05) is 53.5 Å². The Hall–Kier alpha value is -4.48. The molecule has 0 radical (unpaired) electrons. The number of carbonyl (C=O) groups excluding carboxylic acids is 1. The molecule has 1 fully saturated rings. The summed E-state index contributed by atoms with van der Waals surface area (Å²) >= 11 is 7.43. The van der Waals surface area contributed by atoms with Crippen molar-refractivity contribution in [3.8, 4) is 11.5 Å². The first-order valence-electron chi connectivity index (χ1n) is 15.4. The summed E-state index contributed by atoms with van der Waals surface area (Å²) in [5.74, 6) is 1.74. The summed E-state index contributed by atoms with van der Waals surface area (Å²) in [6.07, 6.45) is 2.78. The molecule has 0 saturated carbocycles. The third kappa shape index (κ3) is 6.43. The zero-order valence-corrected chi connectivity index (χ0v) is 27.0. The van der Waals surface area contributed by atoms with Crippen LogP contribution in [-0.2, 0) is 6.54 Å². The number of amides is 1. The molecule has 3 unspecified atom stereocenters. The second-order valence-corrected chi connectivity index (χ2v) is 13.1. The lowest BCUT2D eigenvalue weighted by Gasteiger charge is -2.44. The highest BCUT2D eigenvalue weighted by atomic mass is 32.2. The predicted molar refractivity (Wildman–Crippen MR) is 187 cm³/mol. The molecule has 9 nitrogen and oxygen atoms in total. The van der Waals surface area contributed by atoms with E-state index in [2.05, 4.69) is 33.0 Å². The van der Waals surface area contributed by atoms with Crippen molar-refractivity contribution in [2.24, 2.45) is 5.92 Å². The van der Waals surface area contributed by atoms with Crippen molar-refractivity contribution in [2.75, 3.05) is 48.0 Å². The van der Waals surface area contributed by atoms with Gasteiger partial charge in [-0.1, -0.05) is 24.3 Å². The minimum Gasteiger partial charge on any atom is -0.486 e. The maximum absolute atomic E-state index is 13.4. The van der Waals surface area contributed by atoms with Crippen LogP contribution in [0.1, 0.15) is 28.4 Å². The first-order valence-corrected chi connectivity index (χ1v) is 17.0. The lowest BCUT2D eigenvalue weighted by molar-refractivity contribution is 0.0789. The van der Waals surface area contributed by atoms with Gasteiger partial charge in [-0.15, -0.1) is 11.8 Å². The number of piperidine rings is 1. The molecule has 3 N–H and O–H groups in total. The number of fused-ring (bicyclic) bond motifs is 5. The SMILES string of the molecule is CSc1cccc(NC(=S)Nc2cc(C(=O)NCC3COc4ccccc4O3)ccc2N2CC3CC(C2)c2cccc(=O)n2C3)c1. The molecule has 236 valence electrons. The molecular formula is C35H35N5O4S2. The van der Waals surface area contributed by atoms with Crippen LogP contribution < -0.4 is 35.9 Å². The molecule has 0 spiro atoms. The van der Waals surface area contributed by atoms with Gasteiger partial charge in [-0.25, -0.2) is 0 Å². The van der Waals surface area contributed by atoms with E-state index in [4.69, 9.17) is 21.7 Å². The van der Waals surface area contributed by atoms with E-state index in [0.29, 0.717) is 47.8 Å². The molecule has 1 amide bonds. The maximum atomic E-state index is 13.4. The summed E-state index contributed by atoms with van der Waals surface area (Å²) in [6, 6.07) is 26.8. The van der Waals surface area contributed by atoms with Crippen LogP contribution in [0, 0.1) is 5.92 Å². The molecule has 2 bridgehead atoms.